The van der Waals surface area contributed by atoms with Crippen LogP contribution in [0.5, 0.6) is 5.88 Å². The van der Waals surface area contributed by atoms with Gasteiger partial charge in [-0.1, -0.05) is 19.1 Å². The standard InChI is InChI=1S/C24H22N6O3/c1-4-19-20-21(29-30(19)13-16-8-6-15(11-25)7-9-16)23(32)28-22(27-20)18-10-17(14(3)31)12-26-24(18)33-5-2/h6-10,12H,4-5,13H2,1-3H3,(H,27,28,32). The number of rotatable bonds is 7. The third-order valence-electron chi connectivity index (χ3n) is 5.24. The van der Waals surface area contributed by atoms with Crippen LogP contribution in [0.15, 0.2) is 41.3 Å². The van der Waals surface area contributed by atoms with Crippen molar-refractivity contribution >= 4 is 16.8 Å². The Kier molecular flexibility index (Phi) is 6.00. The number of aromatic amines is 1. The number of benzene rings is 1. The van der Waals surface area contributed by atoms with E-state index in [0.29, 0.717) is 41.8 Å². The lowest BCUT2D eigenvalue weighted by molar-refractivity contribution is 0.101. The highest BCUT2D eigenvalue weighted by molar-refractivity contribution is 5.95. The number of pyridine rings is 1. The lowest BCUT2D eigenvalue weighted by atomic mass is 10.1. The minimum atomic E-state index is -0.390. The van der Waals surface area contributed by atoms with Crippen molar-refractivity contribution in [3.05, 3.63) is 69.3 Å². The van der Waals surface area contributed by atoms with Gasteiger partial charge in [0.25, 0.3) is 5.56 Å². The zero-order chi connectivity index (χ0) is 23.5. The summed E-state index contributed by atoms with van der Waals surface area (Å²) in [5, 5.41) is 13.5. The van der Waals surface area contributed by atoms with Crippen LogP contribution in [-0.4, -0.2) is 37.1 Å². The lowest BCUT2D eigenvalue weighted by Gasteiger charge is -2.10. The van der Waals surface area contributed by atoms with Gasteiger partial charge in [0.1, 0.15) is 11.3 Å². The van der Waals surface area contributed by atoms with Gasteiger partial charge in [-0.3, -0.25) is 14.3 Å². The van der Waals surface area contributed by atoms with Gasteiger partial charge in [0, 0.05) is 11.8 Å². The average Bonchev–Trinajstić information content (AvgIpc) is 3.17. The number of fused-ring (bicyclic) bond motifs is 1. The van der Waals surface area contributed by atoms with E-state index in [0.717, 1.165) is 11.3 Å². The summed E-state index contributed by atoms with van der Waals surface area (Å²) in [6.45, 7) is 6.05. The second-order valence-electron chi connectivity index (χ2n) is 7.44. The molecule has 0 aliphatic carbocycles. The number of H-pyrrole nitrogens is 1. The summed E-state index contributed by atoms with van der Waals surface area (Å²) < 4.78 is 7.37. The summed E-state index contributed by atoms with van der Waals surface area (Å²) in [5.74, 6) is 0.395. The first-order valence-electron chi connectivity index (χ1n) is 10.6. The molecule has 0 saturated heterocycles. The predicted molar refractivity (Wildman–Crippen MR) is 122 cm³/mol. The predicted octanol–water partition coefficient (Wildman–Crippen LogP) is 3.27. The number of carbonyl (C=O) groups is 1. The monoisotopic (exact) mass is 442 g/mol. The molecule has 1 aromatic carbocycles. The third-order valence-corrected chi connectivity index (χ3v) is 5.24. The van der Waals surface area contributed by atoms with E-state index in [1.165, 1.54) is 13.1 Å². The second-order valence-corrected chi connectivity index (χ2v) is 7.44. The van der Waals surface area contributed by atoms with Crippen LogP contribution in [0.1, 0.15) is 48.0 Å². The highest BCUT2D eigenvalue weighted by Gasteiger charge is 2.19. The van der Waals surface area contributed by atoms with E-state index in [1.807, 2.05) is 26.0 Å². The Morgan fingerprint density at radius 3 is 2.61 bits per heavy atom. The molecule has 9 nitrogen and oxygen atoms in total. The van der Waals surface area contributed by atoms with Gasteiger partial charge in [-0.25, -0.2) is 9.97 Å². The molecule has 166 valence electrons. The summed E-state index contributed by atoms with van der Waals surface area (Å²) in [6.07, 6.45) is 2.05. The molecule has 3 aromatic heterocycles. The summed E-state index contributed by atoms with van der Waals surface area (Å²) in [4.78, 5) is 36.5. The molecule has 3 heterocycles. The molecule has 0 radical (unpaired) electrons. The Morgan fingerprint density at radius 2 is 1.97 bits per heavy atom. The third kappa shape index (κ3) is 4.23. The van der Waals surface area contributed by atoms with Gasteiger partial charge in [-0.05, 0) is 44.0 Å². The topological polar surface area (TPSA) is 127 Å². The number of nitrogens with one attached hydrogen (secondary N) is 1. The van der Waals surface area contributed by atoms with Gasteiger partial charge in [0.15, 0.2) is 11.3 Å². The van der Waals surface area contributed by atoms with Gasteiger partial charge in [0.05, 0.1) is 36.0 Å². The molecule has 0 aliphatic heterocycles. The quantitative estimate of drug-likeness (QED) is 0.435. The van der Waals surface area contributed by atoms with Crippen molar-refractivity contribution in [1.29, 1.82) is 5.26 Å². The van der Waals surface area contributed by atoms with Crippen LogP contribution in [0.2, 0.25) is 0 Å². The van der Waals surface area contributed by atoms with E-state index in [2.05, 4.69) is 21.1 Å². The smallest absolute Gasteiger partial charge is 0.279 e. The molecule has 0 fully saturated rings. The second kappa shape index (κ2) is 9.04. The van der Waals surface area contributed by atoms with Crippen LogP contribution in [0.4, 0.5) is 0 Å². The maximum atomic E-state index is 12.9. The van der Waals surface area contributed by atoms with Gasteiger partial charge in [-0.2, -0.15) is 10.4 Å². The van der Waals surface area contributed by atoms with E-state index in [1.54, 1.807) is 22.9 Å². The molecule has 9 heteroatoms. The van der Waals surface area contributed by atoms with Crippen molar-refractivity contribution in [3.8, 4) is 23.3 Å². The Hall–Kier alpha value is -4.32. The minimum Gasteiger partial charge on any atom is -0.477 e. The van der Waals surface area contributed by atoms with Gasteiger partial charge in [-0.15, -0.1) is 0 Å². The molecule has 1 N–H and O–H groups in total. The Balaban J connectivity index is 1.85. The van der Waals surface area contributed by atoms with E-state index >= 15 is 0 Å². The Morgan fingerprint density at radius 1 is 1.21 bits per heavy atom. The van der Waals surface area contributed by atoms with Crippen molar-refractivity contribution in [2.75, 3.05) is 6.61 Å². The number of aryl methyl sites for hydroxylation is 1. The van der Waals surface area contributed by atoms with Gasteiger partial charge in [0.2, 0.25) is 5.88 Å². The fourth-order valence-corrected chi connectivity index (χ4v) is 3.60. The van der Waals surface area contributed by atoms with Crippen LogP contribution in [0, 0.1) is 11.3 Å². The van der Waals surface area contributed by atoms with Crippen molar-refractivity contribution in [1.82, 2.24) is 24.7 Å². The van der Waals surface area contributed by atoms with E-state index in [-0.39, 0.29) is 28.6 Å². The lowest BCUT2D eigenvalue weighted by Crippen LogP contribution is -2.11. The average molecular weight is 442 g/mol. The van der Waals surface area contributed by atoms with Crippen LogP contribution in [0.3, 0.4) is 0 Å². The van der Waals surface area contributed by atoms with Crippen LogP contribution in [-0.2, 0) is 13.0 Å². The van der Waals surface area contributed by atoms with Crippen molar-refractivity contribution in [2.24, 2.45) is 0 Å². The first-order chi connectivity index (χ1) is 15.9. The molecular weight excluding hydrogens is 420 g/mol. The molecule has 0 amide bonds. The van der Waals surface area contributed by atoms with Crippen molar-refractivity contribution < 1.29 is 9.53 Å². The number of nitrogens with zero attached hydrogens (tertiary/aromatic N) is 5. The Labute approximate surface area is 189 Å². The van der Waals surface area contributed by atoms with Crippen molar-refractivity contribution in [3.63, 3.8) is 0 Å². The van der Waals surface area contributed by atoms with E-state index in [4.69, 9.17) is 15.0 Å². The molecule has 0 atom stereocenters. The molecule has 4 rings (SSSR count). The largest absolute Gasteiger partial charge is 0.477 e. The van der Waals surface area contributed by atoms with E-state index < -0.39 is 0 Å². The molecule has 33 heavy (non-hydrogen) atoms. The molecule has 0 unspecified atom stereocenters. The number of ketones is 1. The maximum absolute atomic E-state index is 12.9. The van der Waals surface area contributed by atoms with Crippen LogP contribution < -0.4 is 10.3 Å². The maximum Gasteiger partial charge on any atom is 0.279 e. The summed E-state index contributed by atoms with van der Waals surface area (Å²) >= 11 is 0. The zero-order valence-corrected chi connectivity index (χ0v) is 18.5. The molecule has 0 saturated carbocycles. The number of Topliss-reactive ketones (excluding diaryl/α,β-unsaturated/α-hetero) is 1. The first-order valence-corrected chi connectivity index (χ1v) is 10.6. The van der Waals surface area contributed by atoms with Gasteiger partial charge >= 0.3 is 0 Å². The fraction of sp³-hybridized carbons (Fsp3) is 0.250. The van der Waals surface area contributed by atoms with Gasteiger partial charge < -0.3 is 9.72 Å². The number of hydrogen-bond acceptors (Lipinski definition) is 7. The zero-order valence-electron chi connectivity index (χ0n) is 18.5. The summed E-state index contributed by atoms with van der Waals surface area (Å²) in [7, 11) is 0. The normalized spacial score (nSPS) is 10.8. The number of nitriles is 1. The first kappa shape index (κ1) is 21.9. The SMILES string of the molecule is CCOc1ncc(C(C)=O)cc1-c1nc2c(CC)n(Cc3ccc(C#N)cc3)nc2c(=O)[nH]1. The number of hydrogen-bond donors (Lipinski definition) is 1. The molecule has 0 aliphatic rings. The molecule has 4 aromatic rings. The Bertz CT molecular complexity index is 1440. The van der Waals surface area contributed by atoms with Crippen LogP contribution in [0.25, 0.3) is 22.4 Å². The number of aromatic nitrogens is 5. The minimum absolute atomic E-state index is 0.153. The van der Waals surface area contributed by atoms with Crippen molar-refractivity contribution in [2.45, 2.75) is 33.7 Å². The highest BCUT2D eigenvalue weighted by atomic mass is 16.5. The van der Waals surface area contributed by atoms with Crippen LogP contribution >= 0.6 is 0 Å². The molecular formula is C24H22N6O3. The van der Waals surface area contributed by atoms with E-state index in [9.17, 15) is 9.59 Å². The summed E-state index contributed by atoms with van der Waals surface area (Å²) in [5.41, 5.74) is 3.49. The number of ether oxygens (including phenoxy) is 1. The highest BCUT2D eigenvalue weighted by Crippen LogP contribution is 2.28. The molecule has 0 bridgehead atoms. The molecule has 0 spiro atoms. The number of carbonyl (C=O) groups excluding carboxylic acids is 1. The fourth-order valence-electron chi connectivity index (χ4n) is 3.60. The summed E-state index contributed by atoms with van der Waals surface area (Å²) in [6, 6.07) is 10.9.